The van der Waals surface area contributed by atoms with Gasteiger partial charge in [-0.2, -0.15) is 4.52 Å². The second kappa shape index (κ2) is 7.78. The lowest BCUT2D eigenvalue weighted by Crippen LogP contribution is -2.26. The van der Waals surface area contributed by atoms with Gasteiger partial charge < -0.3 is 5.32 Å². The summed E-state index contributed by atoms with van der Waals surface area (Å²) < 4.78 is 1.49. The first-order chi connectivity index (χ1) is 13.3. The zero-order valence-corrected chi connectivity index (χ0v) is 14.7. The van der Waals surface area contributed by atoms with Crippen molar-refractivity contribution in [3.8, 4) is 0 Å². The number of hydrogen-bond acceptors (Lipinski definition) is 4. The van der Waals surface area contributed by atoms with E-state index in [-0.39, 0.29) is 11.8 Å². The number of nitrogens with zero attached hydrogens (tertiary/aromatic N) is 4. The van der Waals surface area contributed by atoms with Crippen LogP contribution in [0, 0.1) is 0 Å². The molecule has 0 radical (unpaired) electrons. The summed E-state index contributed by atoms with van der Waals surface area (Å²) in [7, 11) is 0. The zero-order chi connectivity index (χ0) is 18.5. The monoisotopic (exact) mass is 357 g/mol. The Morgan fingerprint density at radius 2 is 1.59 bits per heavy atom. The highest BCUT2D eigenvalue weighted by Gasteiger charge is 2.15. The maximum Gasteiger partial charge on any atom is 0.252 e. The minimum atomic E-state index is -0.132. The van der Waals surface area contributed by atoms with Crippen LogP contribution in [0.2, 0.25) is 0 Å². The molecule has 0 fully saturated rings. The van der Waals surface area contributed by atoms with Crippen molar-refractivity contribution in [1.29, 1.82) is 0 Å². The van der Waals surface area contributed by atoms with Gasteiger partial charge in [0.2, 0.25) is 0 Å². The van der Waals surface area contributed by atoms with Crippen LogP contribution in [0.25, 0.3) is 5.65 Å². The van der Waals surface area contributed by atoms with Crippen LogP contribution in [0.4, 0.5) is 0 Å². The first-order valence-electron chi connectivity index (χ1n) is 8.87. The average molecular weight is 357 g/mol. The highest BCUT2D eigenvalue weighted by Crippen LogP contribution is 2.27. The van der Waals surface area contributed by atoms with Crippen LogP contribution in [-0.4, -0.2) is 32.5 Å². The van der Waals surface area contributed by atoms with Gasteiger partial charge in [0.15, 0.2) is 5.65 Å². The van der Waals surface area contributed by atoms with E-state index in [1.807, 2.05) is 36.4 Å². The number of benzene rings is 2. The van der Waals surface area contributed by atoms with Crippen molar-refractivity contribution < 1.29 is 4.79 Å². The third kappa shape index (κ3) is 3.84. The Morgan fingerprint density at radius 3 is 2.26 bits per heavy atom. The number of hydrogen-bond donors (Lipinski definition) is 1. The Morgan fingerprint density at radius 1 is 0.926 bits per heavy atom. The van der Waals surface area contributed by atoms with Gasteiger partial charge in [-0.1, -0.05) is 60.7 Å². The molecule has 0 aliphatic carbocycles. The summed E-state index contributed by atoms with van der Waals surface area (Å²) in [5.41, 5.74) is 3.63. The van der Waals surface area contributed by atoms with Gasteiger partial charge in [-0.3, -0.25) is 4.79 Å². The van der Waals surface area contributed by atoms with Gasteiger partial charge in [0.05, 0.1) is 5.56 Å². The topological polar surface area (TPSA) is 72.2 Å². The molecule has 0 saturated carbocycles. The molecule has 4 rings (SSSR count). The summed E-state index contributed by atoms with van der Waals surface area (Å²) in [4.78, 5) is 12.5. The summed E-state index contributed by atoms with van der Waals surface area (Å²) >= 11 is 0. The Labute approximate surface area is 156 Å². The van der Waals surface area contributed by atoms with E-state index in [0.29, 0.717) is 17.8 Å². The molecule has 27 heavy (non-hydrogen) atoms. The number of carbonyl (C=O) groups excluding carboxylic acids is 1. The number of carbonyl (C=O) groups is 1. The average Bonchev–Trinajstić information content (AvgIpc) is 3.20. The van der Waals surface area contributed by atoms with E-state index < -0.39 is 0 Å². The molecule has 6 heteroatoms. The first kappa shape index (κ1) is 16.9. The molecule has 0 unspecified atom stereocenters. The molecule has 0 saturated heterocycles. The van der Waals surface area contributed by atoms with Gasteiger partial charge in [-0.25, -0.2) is 0 Å². The Kier molecular flexibility index (Phi) is 4.87. The lowest BCUT2D eigenvalue weighted by atomic mass is 9.88. The molecule has 1 N–H and O–H groups in total. The van der Waals surface area contributed by atoms with E-state index in [1.54, 1.807) is 18.3 Å². The molecule has 6 nitrogen and oxygen atoms in total. The van der Waals surface area contributed by atoms with Gasteiger partial charge in [0.1, 0.15) is 0 Å². The van der Waals surface area contributed by atoms with Crippen LogP contribution in [0.1, 0.15) is 33.8 Å². The second-order valence-electron chi connectivity index (χ2n) is 6.32. The number of fused-ring (bicyclic) bond motifs is 1. The van der Waals surface area contributed by atoms with Crippen molar-refractivity contribution in [2.75, 3.05) is 6.54 Å². The SMILES string of the molecule is O=C(NCCC(c1ccccc1)c1ccccc1)c1ccc2nnnn2c1. The fourth-order valence-electron chi connectivity index (χ4n) is 3.20. The van der Waals surface area contributed by atoms with E-state index in [4.69, 9.17) is 0 Å². The highest BCUT2D eigenvalue weighted by molar-refractivity contribution is 5.94. The van der Waals surface area contributed by atoms with E-state index in [9.17, 15) is 4.79 Å². The molecular formula is C21H19N5O. The van der Waals surface area contributed by atoms with Crippen LogP contribution in [0.5, 0.6) is 0 Å². The summed E-state index contributed by atoms with van der Waals surface area (Å²) in [6.07, 6.45) is 2.45. The van der Waals surface area contributed by atoms with Gasteiger partial charge in [-0.15, -0.1) is 5.10 Å². The molecule has 2 aromatic carbocycles. The molecule has 2 aromatic heterocycles. The van der Waals surface area contributed by atoms with Crippen molar-refractivity contribution in [1.82, 2.24) is 25.4 Å². The van der Waals surface area contributed by atoms with Crippen LogP contribution in [-0.2, 0) is 0 Å². The molecule has 0 atom stereocenters. The number of rotatable bonds is 6. The minimum absolute atomic E-state index is 0.132. The molecule has 2 heterocycles. The number of amides is 1. The zero-order valence-electron chi connectivity index (χ0n) is 14.7. The van der Waals surface area contributed by atoms with Gasteiger partial charge in [0.25, 0.3) is 5.91 Å². The van der Waals surface area contributed by atoms with E-state index in [2.05, 4.69) is 45.1 Å². The minimum Gasteiger partial charge on any atom is -0.352 e. The molecule has 0 aliphatic heterocycles. The largest absolute Gasteiger partial charge is 0.352 e. The predicted molar refractivity (Wildman–Crippen MR) is 102 cm³/mol. The Bertz CT molecular complexity index is 991. The molecule has 0 bridgehead atoms. The quantitative estimate of drug-likeness (QED) is 0.576. The first-order valence-corrected chi connectivity index (χ1v) is 8.87. The van der Waals surface area contributed by atoms with Crippen LogP contribution in [0.3, 0.4) is 0 Å². The van der Waals surface area contributed by atoms with Crippen molar-refractivity contribution in [3.63, 3.8) is 0 Å². The summed E-state index contributed by atoms with van der Waals surface area (Å²) in [6, 6.07) is 24.2. The number of aromatic nitrogens is 4. The predicted octanol–water partition coefficient (Wildman–Crippen LogP) is 3.08. The van der Waals surface area contributed by atoms with E-state index in [1.165, 1.54) is 15.6 Å². The molecular weight excluding hydrogens is 338 g/mol. The molecule has 134 valence electrons. The van der Waals surface area contributed by atoms with Gasteiger partial charge >= 0.3 is 0 Å². The van der Waals surface area contributed by atoms with Gasteiger partial charge in [-0.05, 0) is 40.1 Å². The number of nitrogens with one attached hydrogen (secondary N) is 1. The van der Waals surface area contributed by atoms with Crippen LogP contribution in [0.15, 0.2) is 79.0 Å². The lowest BCUT2D eigenvalue weighted by molar-refractivity contribution is 0.0952. The number of pyridine rings is 1. The highest BCUT2D eigenvalue weighted by atomic mass is 16.1. The maximum atomic E-state index is 12.5. The molecule has 1 amide bonds. The fourth-order valence-corrected chi connectivity index (χ4v) is 3.20. The second-order valence-corrected chi connectivity index (χ2v) is 6.32. The Hall–Kier alpha value is -3.54. The summed E-state index contributed by atoms with van der Waals surface area (Å²) in [5.74, 6) is 0.0990. The normalized spacial score (nSPS) is 11.0. The standard InChI is InChI=1S/C21H19N5O/c27-21(18-11-12-20-23-24-25-26(20)15-18)22-14-13-19(16-7-3-1-4-8-16)17-9-5-2-6-10-17/h1-12,15,19H,13-14H2,(H,22,27). The Balaban J connectivity index is 1.45. The van der Waals surface area contributed by atoms with Crippen molar-refractivity contribution in [3.05, 3.63) is 95.7 Å². The van der Waals surface area contributed by atoms with E-state index >= 15 is 0 Å². The number of tetrazole rings is 1. The van der Waals surface area contributed by atoms with E-state index in [0.717, 1.165) is 6.42 Å². The molecule has 4 aromatic rings. The van der Waals surface area contributed by atoms with Crippen molar-refractivity contribution in [2.24, 2.45) is 0 Å². The lowest BCUT2D eigenvalue weighted by Gasteiger charge is -2.18. The maximum absolute atomic E-state index is 12.5. The third-order valence-electron chi connectivity index (χ3n) is 4.58. The van der Waals surface area contributed by atoms with Gasteiger partial charge in [0, 0.05) is 18.7 Å². The third-order valence-corrected chi connectivity index (χ3v) is 4.58. The van der Waals surface area contributed by atoms with Crippen LogP contribution >= 0.6 is 0 Å². The van der Waals surface area contributed by atoms with Crippen LogP contribution < -0.4 is 5.32 Å². The molecule has 0 spiro atoms. The molecule has 0 aliphatic rings. The van der Waals surface area contributed by atoms with Crippen molar-refractivity contribution >= 4 is 11.6 Å². The summed E-state index contributed by atoms with van der Waals surface area (Å²) in [5, 5.41) is 14.3. The van der Waals surface area contributed by atoms with Crippen molar-refractivity contribution in [2.45, 2.75) is 12.3 Å². The smallest absolute Gasteiger partial charge is 0.252 e. The summed E-state index contributed by atoms with van der Waals surface area (Å²) in [6.45, 7) is 0.570. The fraction of sp³-hybridized carbons (Fsp3) is 0.143.